The van der Waals surface area contributed by atoms with Crippen LogP contribution in [0.1, 0.15) is 46.0 Å². The average Bonchev–Trinajstić information content (AvgIpc) is 2.40. The van der Waals surface area contributed by atoms with Gasteiger partial charge in [-0.15, -0.1) is 0 Å². The first-order chi connectivity index (χ1) is 9.56. The number of hydrogen-bond donors (Lipinski definition) is 1. The lowest BCUT2D eigenvalue weighted by Crippen LogP contribution is -2.37. The highest BCUT2D eigenvalue weighted by Crippen LogP contribution is 2.19. The van der Waals surface area contributed by atoms with Crippen LogP contribution in [0.3, 0.4) is 0 Å². The molecule has 5 heteroatoms. The number of likely N-dealkylation sites (tertiary alicyclic amines) is 1. The molecule has 0 aromatic rings. The number of piperidine rings is 1. The number of carboxylic acid groups (broad SMARTS) is 1. The van der Waals surface area contributed by atoms with Gasteiger partial charge in [-0.1, -0.05) is 0 Å². The zero-order valence-corrected chi connectivity index (χ0v) is 12.8. The highest BCUT2D eigenvalue weighted by molar-refractivity contribution is 5.76. The third-order valence-corrected chi connectivity index (χ3v) is 4.05. The lowest BCUT2D eigenvalue weighted by molar-refractivity contribution is -0.138. The highest BCUT2D eigenvalue weighted by Gasteiger charge is 2.21. The average molecular weight is 284 g/mol. The molecule has 1 aliphatic rings. The van der Waals surface area contributed by atoms with Crippen molar-refractivity contribution in [3.63, 3.8) is 0 Å². The molecule has 1 atom stereocenters. The van der Waals surface area contributed by atoms with Crippen molar-refractivity contribution in [3.8, 4) is 0 Å². The molecule has 116 valence electrons. The van der Waals surface area contributed by atoms with Crippen molar-refractivity contribution in [1.82, 2.24) is 9.80 Å². The molecule has 5 nitrogen and oxygen atoms in total. The standard InChI is InChI=1S/C15H28N2O3/c1-3-17(4-2)14(18)8-6-10-16-9-5-7-13(12-16)11-15(19)20/h13H,3-12H2,1-2H3,(H,19,20). The number of amides is 1. The molecule has 1 fully saturated rings. The minimum Gasteiger partial charge on any atom is -0.481 e. The van der Waals surface area contributed by atoms with E-state index in [0.29, 0.717) is 6.42 Å². The van der Waals surface area contributed by atoms with Gasteiger partial charge in [-0.05, 0) is 52.1 Å². The van der Waals surface area contributed by atoms with Gasteiger partial charge in [0.15, 0.2) is 0 Å². The first-order valence-electron chi connectivity index (χ1n) is 7.78. The number of nitrogens with zero attached hydrogens (tertiary/aromatic N) is 2. The summed E-state index contributed by atoms with van der Waals surface area (Å²) in [5.41, 5.74) is 0. The van der Waals surface area contributed by atoms with Crippen LogP contribution in [0.4, 0.5) is 0 Å². The van der Waals surface area contributed by atoms with E-state index in [1.807, 2.05) is 18.7 Å². The Hall–Kier alpha value is -1.10. The topological polar surface area (TPSA) is 60.9 Å². The predicted octanol–water partition coefficient (Wildman–Crippen LogP) is 1.82. The Morgan fingerprint density at radius 1 is 1.30 bits per heavy atom. The summed E-state index contributed by atoms with van der Waals surface area (Å²) in [6, 6.07) is 0. The van der Waals surface area contributed by atoms with Gasteiger partial charge in [0, 0.05) is 32.5 Å². The number of rotatable bonds is 8. The number of carbonyl (C=O) groups excluding carboxylic acids is 1. The molecule has 0 saturated carbocycles. The summed E-state index contributed by atoms with van der Waals surface area (Å²) in [6.07, 6.45) is 3.83. The lowest BCUT2D eigenvalue weighted by atomic mass is 9.95. The number of aliphatic carboxylic acids is 1. The van der Waals surface area contributed by atoms with Gasteiger partial charge in [-0.25, -0.2) is 0 Å². The van der Waals surface area contributed by atoms with E-state index >= 15 is 0 Å². The van der Waals surface area contributed by atoms with E-state index in [4.69, 9.17) is 5.11 Å². The van der Waals surface area contributed by atoms with Gasteiger partial charge in [0.05, 0.1) is 0 Å². The molecule has 0 bridgehead atoms. The summed E-state index contributed by atoms with van der Waals surface area (Å²) >= 11 is 0. The second kappa shape index (κ2) is 8.95. The maximum absolute atomic E-state index is 11.9. The molecule has 1 unspecified atom stereocenters. The van der Waals surface area contributed by atoms with Gasteiger partial charge in [0.1, 0.15) is 0 Å². The van der Waals surface area contributed by atoms with E-state index in [0.717, 1.165) is 52.0 Å². The molecule has 1 heterocycles. The third kappa shape index (κ3) is 5.90. The van der Waals surface area contributed by atoms with Crippen LogP contribution in [0.2, 0.25) is 0 Å². The van der Waals surface area contributed by atoms with Gasteiger partial charge in [-0.2, -0.15) is 0 Å². The van der Waals surface area contributed by atoms with Crippen LogP contribution < -0.4 is 0 Å². The maximum Gasteiger partial charge on any atom is 0.303 e. The Bertz CT molecular complexity index is 316. The van der Waals surface area contributed by atoms with Crippen LogP contribution in [0, 0.1) is 5.92 Å². The molecule has 1 saturated heterocycles. The van der Waals surface area contributed by atoms with E-state index in [9.17, 15) is 9.59 Å². The molecule has 0 aromatic carbocycles. The molecule has 0 aromatic heterocycles. The fourth-order valence-corrected chi connectivity index (χ4v) is 2.96. The Balaban J connectivity index is 2.24. The molecule has 0 aliphatic carbocycles. The second-order valence-electron chi connectivity index (χ2n) is 5.58. The molecule has 1 aliphatic heterocycles. The highest BCUT2D eigenvalue weighted by atomic mass is 16.4. The van der Waals surface area contributed by atoms with Crippen molar-refractivity contribution in [3.05, 3.63) is 0 Å². The minimum absolute atomic E-state index is 0.231. The number of hydrogen-bond acceptors (Lipinski definition) is 3. The smallest absolute Gasteiger partial charge is 0.303 e. The molecular formula is C15H28N2O3. The summed E-state index contributed by atoms with van der Waals surface area (Å²) in [6.45, 7) is 8.37. The van der Waals surface area contributed by atoms with Gasteiger partial charge < -0.3 is 14.9 Å². The molecule has 1 N–H and O–H groups in total. The van der Waals surface area contributed by atoms with Gasteiger partial charge in [-0.3, -0.25) is 9.59 Å². The molecule has 1 rings (SSSR count). The van der Waals surface area contributed by atoms with E-state index < -0.39 is 5.97 Å². The van der Waals surface area contributed by atoms with E-state index in [-0.39, 0.29) is 18.2 Å². The zero-order valence-electron chi connectivity index (χ0n) is 12.8. The quantitative estimate of drug-likeness (QED) is 0.738. The SMILES string of the molecule is CCN(CC)C(=O)CCCN1CCCC(CC(=O)O)C1. The zero-order chi connectivity index (χ0) is 15.0. The van der Waals surface area contributed by atoms with Crippen LogP contribution in [-0.2, 0) is 9.59 Å². The molecule has 0 spiro atoms. The second-order valence-corrected chi connectivity index (χ2v) is 5.58. The summed E-state index contributed by atoms with van der Waals surface area (Å²) in [5.74, 6) is -0.192. The monoisotopic (exact) mass is 284 g/mol. The van der Waals surface area contributed by atoms with Crippen molar-refractivity contribution in [2.45, 2.75) is 46.0 Å². The van der Waals surface area contributed by atoms with Crippen LogP contribution in [0.5, 0.6) is 0 Å². The Morgan fingerprint density at radius 3 is 2.60 bits per heavy atom. The van der Waals surface area contributed by atoms with Crippen molar-refractivity contribution in [2.75, 3.05) is 32.7 Å². The molecule has 1 amide bonds. The Labute approximate surface area is 121 Å². The predicted molar refractivity (Wildman–Crippen MR) is 78.6 cm³/mol. The van der Waals surface area contributed by atoms with Crippen molar-refractivity contribution in [2.24, 2.45) is 5.92 Å². The van der Waals surface area contributed by atoms with E-state index in [1.165, 1.54) is 0 Å². The molecule has 20 heavy (non-hydrogen) atoms. The number of carbonyl (C=O) groups is 2. The fraction of sp³-hybridized carbons (Fsp3) is 0.867. The van der Waals surface area contributed by atoms with Crippen LogP contribution in [-0.4, -0.2) is 59.5 Å². The van der Waals surface area contributed by atoms with Crippen LogP contribution in [0.25, 0.3) is 0 Å². The van der Waals surface area contributed by atoms with Crippen molar-refractivity contribution in [1.29, 1.82) is 0 Å². The Morgan fingerprint density at radius 2 is 2.00 bits per heavy atom. The van der Waals surface area contributed by atoms with Gasteiger partial charge in [0.25, 0.3) is 0 Å². The fourth-order valence-electron chi connectivity index (χ4n) is 2.96. The molecular weight excluding hydrogens is 256 g/mol. The Kier molecular flexibility index (Phi) is 7.59. The largest absolute Gasteiger partial charge is 0.481 e. The first kappa shape index (κ1) is 17.0. The summed E-state index contributed by atoms with van der Waals surface area (Å²) in [7, 11) is 0. The van der Waals surface area contributed by atoms with E-state index in [2.05, 4.69) is 4.90 Å². The summed E-state index contributed by atoms with van der Waals surface area (Å²) < 4.78 is 0. The summed E-state index contributed by atoms with van der Waals surface area (Å²) in [5, 5.41) is 8.85. The lowest BCUT2D eigenvalue weighted by Gasteiger charge is -2.32. The van der Waals surface area contributed by atoms with Crippen LogP contribution >= 0.6 is 0 Å². The maximum atomic E-state index is 11.9. The van der Waals surface area contributed by atoms with Gasteiger partial charge >= 0.3 is 5.97 Å². The van der Waals surface area contributed by atoms with Crippen molar-refractivity contribution >= 4 is 11.9 Å². The summed E-state index contributed by atoms with van der Waals surface area (Å²) in [4.78, 5) is 26.8. The van der Waals surface area contributed by atoms with Crippen LogP contribution in [0.15, 0.2) is 0 Å². The van der Waals surface area contributed by atoms with E-state index in [1.54, 1.807) is 0 Å². The number of carboxylic acids is 1. The van der Waals surface area contributed by atoms with Gasteiger partial charge in [0.2, 0.25) is 5.91 Å². The normalized spacial score (nSPS) is 19.8. The minimum atomic E-state index is -0.700. The third-order valence-electron chi connectivity index (χ3n) is 4.05. The molecule has 0 radical (unpaired) electrons. The first-order valence-corrected chi connectivity index (χ1v) is 7.78. The van der Waals surface area contributed by atoms with Crippen molar-refractivity contribution < 1.29 is 14.7 Å².